The third-order valence-corrected chi connectivity index (χ3v) is 16.6. The molecule has 14 aromatic rings. The smallest absolute Gasteiger partial charge is 0.0208 e. The zero-order chi connectivity index (χ0) is 49.5. The lowest BCUT2D eigenvalue weighted by Gasteiger charge is -2.24. The Morgan fingerprint density at radius 2 is 0.400 bits per heavy atom. The normalized spacial score (nSPS) is 11.2. The van der Waals surface area contributed by atoms with Gasteiger partial charge in [0.15, 0.2) is 0 Å². The van der Waals surface area contributed by atoms with E-state index in [0.29, 0.717) is 0 Å². The lowest BCUT2D eigenvalue weighted by Crippen LogP contribution is -1.97. The van der Waals surface area contributed by atoms with E-state index in [-0.39, 0.29) is 7.43 Å². The number of halogens is 2. The van der Waals surface area contributed by atoms with Gasteiger partial charge < -0.3 is 0 Å². The summed E-state index contributed by atoms with van der Waals surface area (Å²) in [7, 11) is 0. The first-order valence-electron chi connectivity index (χ1n) is 25.1. The van der Waals surface area contributed by atoms with E-state index in [1.807, 2.05) is 6.07 Å². The monoisotopic (exact) mass is 1180 g/mol. The van der Waals surface area contributed by atoms with Gasteiger partial charge in [0.25, 0.3) is 0 Å². The first-order valence-corrected chi connectivity index (χ1v) is 27.3. The standard InChI is InChI=1S/C36H22.C24H15I.C12H9I.CH4/c1-2-12-24-23(11-1)25-13-3-7-17-29(25)33-21-35-31-19-9-5-15-27(31)28-16-6-10-20-32(28)36(35)22-34(33)30-18-8-4-14-26(24)30;25-24-12-6-5-7-17(24)16-13-14-22-20-10-2-1-8-18(20)19-9-3-4-11-21(19)23(22)15-16;13-12-9-5-4-8-11(12)10-6-2-1-3-7-10;/h1-22H;1-15H;1-9H;1H4. The molecule has 1 aliphatic rings. The van der Waals surface area contributed by atoms with Gasteiger partial charge in [-0.3, -0.25) is 0 Å². The summed E-state index contributed by atoms with van der Waals surface area (Å²) in [5.41, 5.74) is 15.5. The van der Waals surface area contributed by atoms with Gasteiger partial charge in [0.1, 0.15) is 0 Å². The molecule has 15 rings (SSSR count). The summed E-state index contributed by atoms with van der Waals surface area (Å²) in [6.07, 6.45) is 0. The van der Waals surface area contributed by atoms with Gasteiger partial charge in [0, 0.05) is 7.14 Å². The van der Waals surface area contributed by atoms with Crippen molar-refractivity contribution in [2.75, 3.05) is 0 Å². The van der Waals surface area contributed by atoms with Crippen molar-refractivity contribution in [1.82, 2.24) is 0 Å². The van der Waals surface area contributed by atoms with Gasteiger partial charge in [-0.1, -0.05) is 256 Å². The maximum Gasteiger partial charge on any atom is 0.0208 e. The third kappa shape index (κ3) is 8.76. The second-order valence-corrected chi connectivity index (χ2v) is 21.2. The van der Waals surface area contributed by atoms with Crippen molar-refractivity contribution in [2.45, 2.75) is 7.43 Å². The van der Waals surface area contributed by atoms with E-state index in [1.165, 1.54) is 139 Å². The molecule has 0 unspecified atom stereocenters. The van der Waals surface area contributed by atoms with E-state index in [4.69, 9.17) is 0 Å². The van der Waals surface area contributed by atoms with Crippen LogP contribution in [-0.2, 0) is 0 Å². The summed E-state index contributed by atoms with van der Waals surface area (Å²) in [5.74, 6) is 0. The Morgan fingerprint density at radius 1 is 0.160 bits per heavy atom. The predicted octanol–water partition coefficient (Wildman–Crippen LogP) is 22.1. The SMILES string of the molecule is C.Ic1ccccc1-c1ccc2c3ccccc3c3ccccc3c2c1.Ic1ccccc1-c1ccccc1.c1ccc2c(c1)-c1ccccc1-c1cc3c4ccccc4c4ccccc4c3cc1-c1ccccc1-2. The van der Waals surface area contributed by atoms with E-state index in [1.54, 1.807) is 0 Å². The van der Waals surface area contributed by atoms with Crippen molar-refractivity contribution in [3.05, 3.63) is 286 Å². The van der Waals surface area contributed by atoms with Crippen LogP contribution in [0.2, 0.25) is 0 Å². The number of rotatable bonds is 2. The molecule has 0 aromatic heterocycles. The van der Waals surface area contributed by atoms with Crippen molar-refractivity contribution in [3.8, 4) is 66.8 Å². The van der Waals surface area contributed by atoms with Crippen molar-refractivity contribution in [2.24, 2.45) is 0 Å². The fourth-order valence-corrected chi connectivity index (χ4v) is 12.7. The third-order valence-electron chi connectivity index (χ3n) is 14.7. The maximum atomic E-state index is 2.45. The van der Waals surface area contributed by atoms with Crippen LogP contribution >= 0.6 is 45.2 Å². The number of fused-ring (bicyclic) bond motifs is 20. The van der Waals surface area contributed by atoms with Gasteiger partial charge in [-0.15, -0.1) is 0 Å². The zero-order valence-corrected chi connectivity index (χ0v) is 44.6. The Bertz CT molecular complexity index is 4270. The summed E-state index contributed by atoms with van der Waals surface area (Å²) in [6.45, 7) is 0. The molecule has 0 bridgehead atoms. The molecule has 0 saturated carbocycles. The molecule has 14 aromatic carbocycles. The summed E-state index contributed by atoms with van der Waals surface area (Å²) >= 11 is 4.78. The second-order valence-electron chi connectivity index (χ2n) is 18.8. The summed E-state index contributed by atoms with van der Waals surface area (Å²) in [6, 6.07) is 101. The fourth-order valence-electron chi connectivity index (χ4n) is 11.3. The van der Waals surface area contributed by atoms with Crippen molar-refractivity contribution in [1.29, 1.82) is 0 Å². The molecule has 0 heterocycles. The average Bonchev–Trinajstić information content (AvgIpc) is 3.51. The van der Waals surface area contributed by atoms with E-state index >= 15 is 0 Å². The fraction of sp³-hybridized carbons (Fsp3) is 0.0137. The Hall–Kier alpha value is -7.90. The molecule has 0 atom stereocenters. The van der Waals surface area contributed by atoms with Crippen molar-refractivity contribution in [3.63, 3.8) is 0 Å². The van der Waals surface area contributed by atoms with Gasteiger partial charge in [0.2, 0.25) is 0 Å². The van der Waals surface area contributed by atoms with Crippen LogP contribution in [0.5, 0.6) is 0 Å². The molecule has 1 aliphatic carbocycles. The van der Waals surface area contributed by atoms with E-state index < -0.39 is 0 Å². The topological polar surface area (TPSA) is 0 Å². The zero-order valence-electron chi connectivity index (χ0n) is 40.3. The van der Waals surface area contributed by atoms with Crippen LogP contribution in [0, 0.1) is 7.14 Å². The highest BCUT2D eigenvalue weighted by Crippen LogP contribution is 2.50. The largest absolute Gasteiger partial charge is 0.0776 e. The minimum atomic E-state index is 0. The Balaban J connectivity index is 0.000000126. The first-order chi connectivity index (χ1) is 36.6. The number of hydrogen-bond donors (Lipinski definition) is 0. The number of hydrogen-bond acceptors (Lipinski definition) is 0. The van der Waals surface area contributed by atoms with Crippen LogP contribution in [-0.4, -0.2) is 0 Å². The van der Waals surface area contributed by atoms with Gasteiger partial charge in [0.05, 0.1) is 0 Å². The Kier molecular flexibility index (Phi) is 13.3. The van der Waals surface area contributed by atoms with Gasteiger partial charge in [-0.2, -0.15) is 0 Å². The molecular formula is C73H50I2. The van der Waals surface area contributed by atoms with E-state index in [2.05, 4.69) is 318 Å². The summed E-state index contributed by atoms with van der Waals surface area (Å²) < 4.78 is 2.58. The molecule has 75 heavy (non-hydrogen) atoms. The van der Waals surface area contributed by atoms with Crippen LogP contribution in [0.25, 0.3) is 131 Å². The lowest BCUT2D eigenvalue weighted by atomic mass is 9.79. The molecule has 0 spiro atoms. The molecule has 0 fully saturated rings. The van der Waals surface area contributed by atoms with Gasteiger partial charge >= 0.3 is 0 Å². The average molecular weight is 1180 g/mol. The molecule has 2 heteroatoms. The van der Waals surface area contributed by atoms with E-state index in [9.17, 15) is 0 Å². The summed E-state index contributed by atoms with van der Waals surface area (Å²) in [4.78, 5) is 0. The molecule has 0 aliphatic heterocycles. The van der Waals surface area contributed by atoms with Crippen LogP contribution in [0.3, 0.4) is 0 Å². The maximum absolute atomic E-state index is 2.45. The van der Waals surface area contributed by atoms with Crippen LogP contribution in [0.1, 0.15) is 7.43 Å². The Labute approximate surface area is 466 Å². The van der Waals surface area contributed by atoms with Crippen LogP contribution < -0.4 is 0 Å². The molecule has 0 nitrogen and oxygen atoms in total. The second kappa shape index (κ2) is 20.8. The minimum absolute atomic E-state index is 0. The van der Waals surface area contributed by atoms with Crippen LogP contribution in [0.15, 0.2) is 279 Å². The molecule has 0 N–H and O–H groups in total. The minimum Gasteiger partial charge on any atom is -0.0776 e. The number of benzene rings is 14. The predicted molar refractivity (Wildman–Crippen MR) is 343 cm³/mol. The highest BCUT2D eigenvalue weighted by atomic mass is 127. The highest BCUT2D eigenvalue weighted by molar-refractivity contribution is 14.1. The molecule has 356 valence electrons. The van der Waals surface area contributed by atoms with Crippen molar-refractivity contribution < 1.29 is 0 Å². The highest BCUT2D eigenvalue weighted by Gasteiger charge is 2.23. The van der Waals surface area contributed by atoms with Gasteiger partial charge in [-0.05, 0) is 207 Å². The van der Waals surface area contributed by atoms with Crippen LogP contribution in [0.4, 0.5) is 0 Å². The summed E-state index contributed by atoms with van der Waals surface area (Å²) in [5, 5.41) is 15.8. The van der Waals surface area contributed by atoms with Crippen molar-refractivity contribution >= 4 is 110 Å². The molecular weight excluding hydrogens is 1130 g/mol. The Morgan fingerprint density at radius 3 is 0.747 bits per heavy atom. The van der Waals surface area contributed by atoms with Gasteiger partial charge in [-0.25, -0.2) is 0 Å². The molecule has 0 saturated heterocycles. The van der Waals surface area contributed by atoms with E-state index in [0.717, 1.165) is 0 Å². The lowest BCUT2D eigenvalue weighted by molar-refractivity contribution is 1.53. The molecule has 0 amide bonds. The molecule has 0 radical (unpaired) electrons. The first kappa shape index (κ1) is 48.1. The quantitative estimate of drug-likeness (QED) is 0.120.